The first-order chi connectivity index (χ1) is 19.3. The fourth-order valence-corrected chi connectivity index (χ4v) is 4.91. The number of carbonyl (C=O) groups is 3. The van der Waals surface area contributed by atoms with E-state index in [4.69, 9.17) is 4.74 Å². The van der Waals surface area contributed by atoms with Gasteiger partial charge in [-0.3, -0.25) is 9.59 Å². The van der Waals surface area contributed by atoms with E-state index >= 15 is 0 Å². The zero-order chi connectivity index (χ0) is 29.9. The SMILES string of the molecule is CC(C)(CO)CCC(=O)c1ccc(-c2ncc(C(=O)N(C3CC3)C3CCN(C(=O)OC(C)(C)C)CC3)cn2)c(F)c1. The van der Waals surface area contributed by atoms with E-state index in [0.717, 1.165) is 12.8 Å². The first-order valence-corrected chi connectivity index (χ1v) is 14.3. The molecule has 2 fully saturated rings. The number of nitrogens with zero attached hydrogens (tertiary/aromatic N) is 4. The summed E-state index contributed by atoms with van der Waals surface area (Å²) in [6, 6.07) is 4.37. The molecule has 1 aromatic carbocycles. The molecule has 9 nitrogen and oxygen atoms in total. The second kappa shape index (κ2) is 12.2. The number of ketones is 1. The molecular weight excluding hydrogens is 527 g/mol. The van der Waals surface area contributed by atoms with E-state index in [-0.39, 0.29) is 65.3 Å². The summed E-state index contributed by atoms with van der Waals surface area (Å²) in [6.45, 7) is 10.3. The Balaban J connectivity index is 1.40. The number of aliphatic hydroxyl groups is 1. The van der Waals surface area contributed by atoms with Gasteiger partial charge in [0.2, 0.25) is 0 Å². The minimum Gasteiger partial charge on any atom is -0.444 e. The Morgan fingerprint density at radius 3 is 2.15 bits per heavy atom. The van der Waals surface area contributed by atoms with Gasteiger partial charge in [-0.1, -0.05) is 19.9 Å². The predicted molar refractivity (Wildman–Crippen MR) is 152 cm³/mol. The van der Waals surface area contributed by atoms with Gasteiger partial charge in [0.05, 0.1) is 11.1 Å². The number of hydrogen-bond acceptors (Lipinski definition) is 7. The maximum absolute atomic E-state index is 15.0. The molecule has 1 aromatic heterocycles. The van der Waals surface area contributed by atoms with E-state index < -0.39 is 11.4 Å². The van der Waals surface area contributed by atoms with E-state index in [1.807, 2.05) is 39.5 Å². The van der Waals surface area contributed by atoms with Gasteiger partial charge < -0.3 is 19.6 Å². The van der Waals surface area contributed by atoms with Crippen molar-refractivity contribution in [3.8, 4) is 11.4 Å². The molecule has 1 aliphatic carbocycles. The molecule has 4 rings (SSSR count). The van der Waals surface area contributed by atoms with Crippen LogP contribution in [0.5, 0.6) is 0 Å². The van der Waals surface area contributed by atoms with Crippen molar-refractivity contribution in [2.75, 3.05) is 19.7 Å². The van der Waals surface area contributed by atoms with Gasteiger partial charge in [-0.15, -0.1) is 0 Å². The van der Waals surface area contributed by atoms with Crippen LogP contribution >= 0.6 is 0 Å². The lowest BCUT2D eigenvalue weighted by atomic mass is 9.87. The molecule has 0 atom stereocenters. The molecule has 2 aliphatic rings. The molecule has 1 saturated carbocycles. The summed E-state index contributed by atoms with van der Waals surface area (Å²) >= 11 is 0. The van der Waals surface area contributed by atoms with E-state index in [0.29, 0.717) is 37.9 Å². The summed E-state index contributed by atoms with van der Waals surface area (Å²) in [5, 5.41) is 9.40. The van der Waals surface area contributed by atoms with Crippen LogP contribution in [0.4, 0.5) is 9.18 Å². The first kappa shape index (κ1) is 30.6. The monoisotopic (exact) mass is 568 g/mol. The lowest BCUT2D eigenvalue weighted by molar-refractivity contribution is 0.0142. The van der Waals surface area contributed by atoms with Gasteiger partial charge in [0.1, 0.15) is 11.4 Å². The number of likely N-dealkylation sites (tertiary alicyclic amines) is 1. The quantitative estimate of drug-likeness (QED) is 0.410. The summed E-state index contributed by atoms with van der Waals surface area (Å²) < 4.78 is 20.5. The smallest absolute Gasteiger partial charge is 0.410 e. The second-order valence-electron chi connectivity index (χ2n) is 12.9. The number of rotatable bonds is 9. The summed E-state index contributed by atoms with van der Waals surface area (Å²) in [6.07, 6.45) is 6.40. The molecule has 2 aromatic rings. The average Bonchev–Trinajstić information content (AvgIpc) is 3.76. The molecule has 1 aliphatic heterocycles. The normalized spacial score (nSPS) is 16.4. The minimum atomic E-state index is -0.618. The van der Waals surface area contributed by atoms with Gasteiger partial charge >= 0.3 is 6.09 Å². The summed E-state index contributed by atoms with van der Waals surface area (Å²) in [4.78, 5) is 50.7. The largest absolute Gasteiger partial charge is 0.444 e. The fraction of sp³-hybridized carbons (Fsp3) is 0.581. The number of aliphatic hydroxyl groups excluding tert-OH is 1. The molecule has 41 heavy (non-hydrogen) atoms. The Hall–Kier alpha value is -3.40. The van der Waals surface area contributed by atoms with Crippen LogP contribution in [0, 0.1) is 11.2 Å². The van der Waals surface area contributed by atoms with E-state index in [1.54, 1.807) is 11.0 Å². The van der Waals surface area contributed by atoms with Crippen molar-refractivity contribution in [2.45, 2.75) is 90.8 Å². The Kier molecular flexibility index (Phi) is 9.11. The van der Waals surface area contributed by atoms with Crippen LogP contribution in [-0.4, -0.2) is 80.0 Å². The van der Waals surface area contributed by atoms with Crippen molar-refractivity contribution in [1.29, 1.82) is 0 Å². The number of carbonyl (C=O) groups excluding carboxylic acids is 3. The van der Waals surface area contributed by atoms with Crippen LogP contribution < -0.4 is 0 Å². The number of aromatic nitrogens is 2. The molecule has 0 spiro atoms. The molecule has 0 bridgehead atoms. The van der Waals surface area contributed by atoms with Gasteiger partial charge in [0, 0.05) is 56.2 Å². The molecule has 0 unspecified atom stereocenters. The third-order valence-electron chi connectivity index (χ3n) is 7.57. The zero-order valence-corrected chi connectivity index (χ0v) is 24.7. The van der Waals surface area contributed by atoms with Crippen molar-refractivity contribution in [1.82, 2.24) is 19.8 Å². The van der Waals surface area contributed by atoms with Crippen LogP contribution in [0.3, 0.4) is 0 Å². The Morgan fingerprint density at radius 2 is 1.61 bits per heavy atom. The molecule has 0 radical (unpaired) electrons. The van der Waals surface area contributed by atoms with Crippen LogP contribution in [0.2, 0.25) is 0 Å². The van der Waals surface area contributed by atoms with Crippen LogP contribution in [-0.2, 0) is 4.74 Å². The molecule has 1 saturated heterocycles. The van der Waals surface area contributed by atoms with Crippen molar-refractivity contribution >= 4 is 17.8 Å². The van der Waals surface area contributed by atoms with Gasteiger partial charge in [0.25, 0.3) is 5.91 Å². The van der Waals surface area contributed by atoms with Gasteiger partial charge in [-0.05, 0) is 70.4 Å². The number of ether oxygens (including phenoxy) is 1. The lowest BCUT2D eigenvalue weighted by Crippen LogP contribution is -2.50. The van der Waals surface area contributed by atoms with E-state index in [2.05, 4.69) is 9.97 Å². The molecule has 222 valence electrons. The molecule has 2 amide bonds. The average molecular weight is 569 g/mol. The topological polar surface area (TPSA) is 113 Å². The van der Waals surface area contributed by atoms with Crippen molar-refractivity contribution in [3.05, 3.63) is 47.5 Å². The summed E-state index contributed by atoms with van der Waals surface area (Å²) in [5.74, 6) is -0.853. The van der Waals surface area contributed by atoms with Gasteiger partial charge in [-0.2, -0.15) is 0 Å². The fourth-order valence-electron chi connectivity index (χ4n) is 4.91. The van der Waals surface area contributed by atoms with Crippen molar-refractivity contribution in [3.63, 3.8) is 0 Å². The van der Waals surface area contributed by atoms with Crippen LogP contribution in [0.15, 0.2) is 30.6 Å². The minimum absolute atomic E-state index is 0.00107. The van der Waals surface area contributed by atoms with Gasteiger partial charge in [0.15, 0.2) is 11.6 Å². The van der Waals surface area contributed by atoms with E-state index in [9.17, 15) is 23.9 Å². The Morgan fingerprint density at radius 1 is 1.00 bits per heavy atom. The highest BCUT2D eigenvalue weighted by Gasteiger charge is 2.40. The third kappa shape index (κ3) is 7.87. The first-order valence-electron chi connectivity index (χ1n) is 14.3. The maximum Gasteiger partial charge on any atom is 0.410 e. The summed E-state index contributed by atoms with van der Waals surface area (Å²) in [7, 11) is 0. The van der Waals surface area contributed by atoms with Gasteiger partial charge in [-0.25, -0.2) is 19.2 Å². The van der Waals surface area contributed by atoms with Crippen LogP contribution in [0.1, 0.15) is 93.9 Å². The number of piperidine rings is 1. The zero-order valence-electron chi connectivity index (χ0n) is 24.7. The molecule has 10 heteroatoms. The number of Topliss-reactive ketones (excluding diaryl/α,β-unsaturated/α-hetero) is 1. The van der Waals surface area contributed by atoms with Crippen LogP contribution in [0.25, 0.3) is 11.4 Å². The maximum atomic E-state index is 15.0. The Bertz CT molecular complexity index is 1260. The Labute approximate surface area is 241 Å². The van der Waals surface area contributed by atoms with Crippen molar-refractivity contribution in [2.24, 2.45) is 5.41 Å². The highest BCUT2D eigenvalue weighted by molar-refractivity contribution is 5.96. The van der Waals surface area contributed by atoms with E-state index in [1.165, 1.54) is 24.5 Å². The highest BCUT2D eigenvalue weighted by Crippen LogP contribution is 2.34. The summed E-state index contributed by atoms with van der Waals surface area (Å²) in [5.41, 5.74) is -0.215. The molecular formula is C31H41FN4O5. The number of benzene rings is 1. The predicted octanol–water partition coefficient (Wildman–Crippen LogP) is 5.27. The number of amides is 2. The number of halogens is 1. The molecule has 2 heterocycles. The standard InChI is InChI=1S/C31H41FN4O5/c1-30(2,3)41-29(40)35-14-11-23(12-15-35)36(22-7-8-22)28(39)21-17-33-27(34-18-21)24-9-6-20(16-25(24)32)26(38)10-13-31(4,5)19-37/h6,9,16-18,22-23,37H,7-8,10-15,19H2,1-5H3. The highest BCUT2D eigenvalue weighted by atomic mass is 19.1. The lowest BCUT2D eigenvalue weighted by Gasteiger charge is -2.39. The second-order valence-corrected chi connectivity index (χ2v) is 12.9. The number of hydrogen-bond donors (Lipinski definition) is 1. The van der Waals surface area contributed by atoms with Crippen molar-refractivity contribution < 1.29 is 28.6 Å². The molecule has 1 N–H and O–H groups in total. The third-order valence-corrected chi connectivity index (χ3v) is 7.57.